The molecule has 0 aliphatic heterocycles. The highest BCUT2D eigenvalue weighted by molar-refractivity contribution is 6.06. The van der Waals surface area contributed by atoms with Crippen LogP contribution in [0.15, 0.2) is 54.7 Å². The van der Waals surface area contributed by atoms with Gasteiger partial charge >= 0.3 is 0 Å². The van der Waals surface area contributed by atoms with Gasteiger partial charge in [-0.05, 0) is 23.6 Å². The molecule has 1 unspecified atom stereocenters. The van der Waals surface area contributed by atoms with Gasteiger partial charge in [0.25, 0.3) is 5.91 Å². The number of para-hydroxylation sites is 1. The number of fused-ring (bicyclic) bond motifs is 2. The van der Waals surface area contributed by atoms with E-state index in [1.54, 1.807) is 6.20 Å². The van der Waals surface area contributed by atoms with E-state index in [9.17, 15) is 4.79 Å². The van der Waals surface area contributed by atoms with Crippen molar-refractivity contribution in [2.45, 2.75) is 12.3 Å². The second-order valence-corrected chi connectivity index (χ2v) is 5.56. The van der Waals surface area contributed by atoms with E-state index in [1.165, 1.54) is 11.1 Å². The first-order valence-electron chi connectivity index (χ1n) is 7.25. The number of carbonyl (C=O) groups excluding carboxylic acids is 1. The quantitative estimate of drug-likeness (QED) is 0.758. The van der Waals surface area contributed by atoms with Crippen molar-refractivity contribution in [3.63, 3.8) is 0 Å². The number of carbonyl (C=O) groups is 1. The number of H-pyrrole nitrogens is 1. The number of nitrogens with one attached hydrogen (secondary N) is 2. The van der Waals surface area contributed by atoms with Gasteiger partial charge in [0, 0.05) is 29.6 Å². The van der Waals surface area contributed by atoms with Crippen molar-refractivity contribution in [3.05, 3.63) is 71.4 Å². The molecule has 104 valence electrons. The van der Waals surface area contributed by atoms with E-state index in [4.69, 9.17) is 0 Å². The fourth-order valence-corrected chi connectivity index (χ4v) is 3.12. The summed E-state index contributed by atoms with van der Waals surface area (Å²) in [5, 5.41) is 4.04. The van der Waals surface area contributed by atoms with E-state index in [0.29, 0.717) is 12.5 Å². The van der Waals surface area contributed by atoms with Gasteiger partial charge in [-0.1, -0.05) is 42.5 Å². The molecule has 21 heavy (non-hydrogen) atoms. The van der Waals surface area contributed by atoms with Gasteiger partial charge in [-0.2, -0.15) is 0 Å². The molecular weight excluding hydrogens is 260 g/mol. The first-order chi connectivity index (χ1) is 10.3. The van der Waals surface area contributed by atoms with Gasteiger partial charge < -0.3 is 10.3 Å². The molecule has 1 amide bonds. The van der Waals surface area contributed by atoms with Crippen LogP contribution in [0.3, 0.4) is 0 Å². The molecule has 0 bridgehead atoms. The minimum Gasteiger partial charge on any atom is -0.360 e. The van der Waals surface area contributed by atoms with Crippen LogP contribution < -0.4 is 5.32 Å². The molecular formula is C18H16N2O. The van der Waals surface area contributed by atoms with Crippen LogP contribution >= 0.6 is 0 Å². The number of hydrogen-bond donors (Lipinski definition) is 2. The third-order valence-electron chi connectivity index (χ3n) is 4.30. The highest BCUT2D eigenvalue weighted by Crippen LogP contribution is 2.34. The van der Waals surface area contributed by atoms with Crippen LogP contribution in [0.25, 0.3) is 10.9 Å². The lowest BCUT2D eigenvalue weighted by Gasteiger charge is -2.30. The number of amides is 1. The van der Waals surface area contributed by atoms with Crippen LogP contribution in [0, 0.1) is 0 Å². The topological polar surface area (TPSA) is 44.9 Å². The van der Waals surface area contributed by atoms with Crippen LogP contribution in [0.5, 0.6) is 0 Å². The van der Waals surface area contributed by atoms with Crippen LogP contribution in [0.2, 0.25) is 0 Å². The molecule has 1 heterocycles. The zero-order valence-electron chi connectivity index (χ0n) is 11.6. The van der Waals surface area contributed by atoms with Crippen molar-refractivity contribution in [1.82, 2.24) is 10.3 Å². The molecule has 3 heteroatoms. The van der Waals surface area contributed by atoms with Gasteiger partial charge in [0.15, 0.2) is 0 Å². The molecule has 0 saturated carbocycles. The van der Waals surface area contributed by atoms with Crippen molar-refractivity contribution in [3.8, 4) is 0 Å². The summed E-state index contributed by atoms with van der Waals surface area (Å²) >= 11 is 0. The van der Waals surface area contributed by atoms with Gasteiger partial charge in [0.1, 0.15) is 0 Å². The van der Waals surface area contributed by atoms with Crippen molar-refractivity contribution >= 4 is 16.8 Å². The Bertz CT molecular complexity index is 819. The van der Waals surface area contributed by atoms with Crippen molar-refractivity contribution < 1.29 is 4.79 Å². The van der Waals surface area contributed by atoms with Crippen molar-refractivity contribution in [1.29, 1.82) is 0 Å². The summed E-state index contributed by atoms with van der Waals surface area (Å²) in [5.41, 5.74) is 4.50. The van der Waals surface area contributed by atoms with E-state index in [1.807, 2.05) is 24.3 Å². The maximum atomic E-state index is 12.3. The lowest BCUT2D eigenvalue weighted by molar-refractivity contribution is 0.0952. The Balaban J connectivity index is 1.48. The molecule has 1 aliphatic carbocycles. The monoisotopic (exact) mass is 276 g/mol. The molecule has 0 spiro atoms. The largest absolute Gasteiger partial charge is 0.360 e. The summed E-state index contributed by atoms with van der Waals surface area (Å²) in [4.78, 5) is 15.5. The summed E-state index contributed by atoms with van der Waals surface area (Å²) in [5.74, 6) is 0.451. The lowest BCUT2D eigenvalue weighted by Crippen LogP contribution is -2.33. The SMILES string of the molecule is O=C(NCC1Cc2ccccc21)c1c[nH]c2ccccc12. The highest BCUT2D eigenvalue weighted by Gasteiger charge is 2.25. The zero-order valence-corrected chi connectivity index (χ0v) is 11.6. The fraction of sp³-hybridized carbons (Fsp3) is 0.167. The Morgan fingerprint density at radius 2 is 1.95 bits per heavy atom. The molecule has 1 aromatic heterocycles. The second kappa shape index (κ2) is 4.77. The lowest BCUT2D eigenvalue weighted by atomic mass is 9.77. The van der Waals surface area contributed by atoms with E-state index in [2.05, 4.69) is 34.6 Å². The molecule has 0 radical (unpaired) electrons. The minimum absolute atomic E-state index is 0.00293. The Morgan fingerprint density at radius 3 is 2.86 bits per heavy atom. The number of aromatic nitrogens is 1. The molecule has 3 nitrogen and oxygen atoms in total. The normalized spacial score (nSPS) is 16.3. The molecule has 1 atom stereocenters. The third-order valence-corrected chi connectivity index (χ3v) is 4.30. The average Bonchev–Trinajstić information content (AvgIpc) is 2.92. The maximum Gasteiger partial charge on any atom is 0.253 e. The van der Waals surface area contributed by atoms with Crippen LogP contribution in [-0.2, 0) is 6.42 Å². The van der Waals surface area contributed by atoms with Crippen LogP contribution in [0.4, 0.5) is 0 Å². The first kappa shape index (κ1) is 12.2. The van der Waals surface area contributed by atoms with Gasteiger partial charge in [0.2, 0.25) is 0 Å². The zero-order chi connectivity index (χ0) is 14.2. The maximum absolute atomic E-state index is 12.3. The molecule has 4 rings (SSSR count). The molecule has 3 aromatic rings. The van der Waals surface area contributed by atoms with Gasteiger partial charge in [0.05, 0.1) is 5.56 Å². The van der Waals surface area contributed by atoms with Crippen LogP contribution in [0.1, 0.15) is 27.4 Å². The van der Waals surface area contributed by atoms with Gasteiger partial charge in [-0.25, -0.2) is 0 Å². The standard InChI is InChI=1S/C18H16N2O/c21-18(16-11-19-17-8-4-3-7-15(16)17)20-10-13-9-12-5-1-2-6-14(12)13/h1-8,11,13,19H,9-10H2,(H,20,21). The summed E-state index contributed by atoms with van der Waals surface area (Å²) in [6.07, 6.45) is 2.85. The van der Waals surface area contributed by atoms with Gasteiger partial charge in [-0.3, -0.25) is 4.79 Å². The Morgan fingerprint density at radius 1 is 1.14 bits per heavy atom. The van der Waals surface area contributed by atoms with E-state index in [-0.39, 0.29) is 5.91 Å². The van der Waals surface area contributed by atoms with Crippen molar-refractivity contribution in [2.24, 2.45) is 0 Å². The predicted molar refractivity (Wildman–Crippen MR) is 83.5 cm³/mol. The van der Waals surface area contributed by atoms with Gasteiger partial charge in [-0.15, -0.1) is 0 Å². The van der Waals surface area contributed by atoms with Crippen LogP contribution in [-0.4, -0.2) is 17.4 Å². The number of hydrogen-bond acceptors (Lipinski definition) is 1. The molecule has 2 N–H and O–H groups in total. The average molecular weight is 276 g/mol. The Labute approximate surface area is 123 Å². The summed E-state index contributed by atoms with van der Waals surface area (Å²) in [6.45, 7) is 0.704. The Hall–Kier alpha value is -2.55. The summed E-state index contributed by atoms with van der Waals surface area (Å²) in [6, 6.07) is 16.3. The Kier molecular flexibility index (Phi) is 2.78. The minimum atomic E-state index is -0.00293. The highest BCUT2D eigenvalue weighted by atomic mass is 16.1. The summed E-state index contributed by atoms with van der Waals surface area (Å²) in [7, 11) is 0. The molecule has 2 aromatic carbocycles. The van der Waals surface area contributed by atoms with E-state index in [0.717, 1.165) is 22.9 Å². The van der Waals surface area contributed by atoms with E-state index >= 15 is 0 Å². The predicted octanol–water partition coefficient (Wildman–Crippen LogP) is 3.24. The number of aromatic amines is 1. The number of benzene rings is 2. The third kappa shape index (κ3) is 2.02. The molecule has 0 saturated heterocycles. The smallest absolute Gasteiger partial charge is 0.253 e. The summed E-state index contributed by atoms with van der Waals surface area (Å²) < 4.78 is 0. The molecule has 0 fully saturated rings. The number of rotatable bonds is 3. The second-order valence-electron chi connectivity index (χ2n) is 5.56. The molecule has 1 aliphatic rings. The fourth-order valence-electron chi connectivity index (χ4n) is 3.12. The van der Waals surface area contributed by atoms with Crippen molar-refractivity contribution in [2.75, 3.05) is 6.54 Å². The van der Waals surface area contributed by atoms with E-state index < -0.39 is 0 Å². The first-order valence-corrected chi connectivity index (χ1v) is 7.25.